The second-order valence-corrected chi connectivity index (χ2v) is 4.73. The molecule has 0 aliphatic carbocycles. The molecule has 0 atom stereocenters. The monoisotopic (exact) mass is 333 g/mol. The zero-order chi connectivity index (χ0) is 14.3. The van der Waals surface area contributed by atoms with Gasteiger partial charge in [-0.3, -0.25) is 4.79 Å². The van der Waals surface area contributed by atoms with Crippen LogP contribution in [0, 0.1) is 5.82 Å². The minimum absolute atomic E-state index is 0.0794. The lowest BCUT2D eigenvalue weighted by molar-refractivity contribution is -0.121. The van der Waals surface area contributed by atoms with Gasteiger partial charge in [-0.1, -0.05) is 0 Å². The van der Waals surface area contributed by atoms with Gasteiger partial charge in [-0.2, -0.15) is 0 Å². The van der Waals surface area contributed by atoms with E-state index in [9.17, 15) is 9.18 Å². The number of ether oxygens (including phenoxy) is 1. The lowest BCUT2D eigenvalue weighted by Gasteiger charge is -2.10. The summed E-state index contributed by atoms with van der Waals surface area (Å²) in [5, 5.41) is 5.69. The molecule has 19 heavy (non-hydrogen) atoms. The van der Waals surface area contributed by atoms with Crippen molar-refractivity contribution in [3.05, 3.63) is 22.4 Å². The normalized spacial score (nSPS) is 10.3. The highest BCUT2D eigenvalue weighted by Gasteiger charge is 2.06. The summed E-state index contributed by atoms with van der Waals surface area (Å²) in [4.78, 5) is 11.4. The highest BCUT2D eigenvalue weighted by atomic mass is 79.9. The predicted octanol–water partition coefficient (Wildman–Crippen LogP) is 1.73. The molecule has 0 spiro atoms. The number of rotatable bonds is 7. The van der Waals surface area contributed by atoms with Crippen molar-refractivity contribution in [1.29, 1.82) is 0 Å². The van der Waals surface area contributed by atoms with E-state index in [0.29, 0.717) is 42.0 Å². The van der Waals surface area contributed by atoms with Crippen molar-refractivity contribution in [2.24, 2.45) is 0 Å². The zero-order valence-electron chi connectivity index (χ0n) is 10.6. The average molecular weight is 334 g/mol. The van der Waals surface area contributed by atoms with Crippen LogP contribution in [0.15, 0.2) is 16.6 Å². The largest absolute Gasteiger partial charge is 0.397 e. The van der Waals surface area contributed by atoms with Gasteiger partial charge in [0, 0.05) is 32.7 Å². The number of carbonyl (C=O) groups is 1. The fraction of sp³-hybridized carbons (Fsp3) is 0.417. The number of benzene rings is 1. The summed E-state index contributed by atoms with van der Waals surface area (Å²) in [6.07, 6.45) is 0.304. The van der Waals surface area contributed by atoms with Gasteiger partial charge in [0.15, 0.2) is 0 Å². The van der Waals surface area contributed by atoms with E-state index in [2.05, 4.69) is 26.6 Å². The predicted molar refractivity (Wildman–Crippen MR) is 76.5 cm³/mol. The summed E-state index contributed by atoms with van der Waals surface area (Å²) >= 11 is 3.08. The molecule has 0 fully saturated rings. The Morgan fingerprint density at radius 1 is 1.47 bits per heavy atom. The van der Waals surface area contributed by atoms with Gasteiger partial charge in [-0.15, -0.1) is 0 Å². The van der Waals surface area contributed by atoms with E-state index in [0.717, 1.165) is 0 Å². The molecule has 1 aromatic carbocycles. The molecule has 1 amide bonds. The lowest BCUT2D eigenvalue weighted by Crippen LogP contribution is -2.28. The van der Waals surface area contributed by atoms with Gasteiger partial charge in [0.05, 0.1) is 22.5 Å². The first-order chi connectivity index (χ1) is 9.04. The molecule has 0 saturated heterocycles. The number of amides is 1. The number of anilines is 2. The van der Waals surface area contributed by atoms with Crippen LogP contribution in [0.3, 0.4) is 0 Å². The summed E-state index contributed by atoms with van der Waals surface area (Å²) in [5.74, 6) is -0.496. The number of carbonyl (C=O) groups excluding carboxylic acids is 1. The second-order valence-electron chi connectivity index (χ2n) is 3.87. The third-order valence-electron chi connectivity index (χ3n) is 2.39. The van der Waals surface area contributed by atoms with Gasteiger partial charge < -0.3 is 21.1 Å². The fourth-order valence-electron chi connectivity index (χ4n) is 1.41. The van der Waals surface area contributed by atoms with E-state index in [1.807, 2.05) is 0 Å². The third-order valence-corrected chi connectivity index (χ3v) is 3.00. The molecule has 0 saturated carbocycles. The molecule has 0 unspecified atom stereocenters. The van der Waals surface area contributed by atoms with Crippen molar-refractivity contribution in [1.82, 2.24) is 5.32 Å². The van der Waals surface area contributed by atoms with Crippen LogP contribution in [-0.4, -0.2) is 32.7 Å². The Labute approximate surface area is 119 Å². The summed E-state index contributed by atoms with van der Waals surface area (Å²) < 4.78 is 18.3. The number of hydrogen-bond acceptors (Lipinski definition) is 4. The Hall–Kier alpha value is -1.34. The maximum Gasteiger partial charge on any atom is 0.221 e. The first-order valence-corrected chi connectivity index (χ1v) is 6.58. The number of methoxy groups -OCH3 is 1. The van der Waals surface area contributed by atoms with E-state index >= 15 is 0 Å². The van der Waals surface area contributed by atoms with Crippen LogP contribution in [0.25, 0.3) is 0 Å². The molecule has 0 heterocycles. The number of nitrogen functional groups attached to an aromatic ring is 1. The lowest BCUT2D eigenvalue weighted by atomic mass is 10.2. The molecule has 7 heteroatoms. The van der Waals surface area contributed by atoms with Crippen LogP contribution in [0.2, 0.25) is 0 Å². The maximum absolute atomic E-state index is 13.2. The first-order valence-electron chi connectivity index (χ1n) is 5.78. The standard InChI is InChI=1S/C12H17BrFN3O2/c1-19-5-4-17-12(18)2-3-16-11-6-8(13)9(14)7-10(11)15/h6-7,16H,2-5,15H2,1H3,(H,17,18). The Morgan fingerprint density at radius 3 is 2.89 bits per heavy atom. The van der Waals surface area contributed by atoms with Gasteiger partial charge in [0.25, 0.3) is 0 Å². The highest BCUT2D eigenvalue weighted by Crippen LogP contribution is 2.26. The molecule has 4 N–H and O–H groups in total. The highest BCUT2D eigenvalue weighted by molar-refractivity contribution is 9.10. The number of nitrogens with two attached hydrogens (primary N) is 1. The molecule has 5 nitrogen and oxygen atoms in total. The van der Waals surface area contributed by atoms with Crippen LogP contribution >= 0.6 is 15.9 Å². The molecule has 1 rings (SSSR count). The number of nitrogens with one attached hydrogen (secondary N) is 2. The fourth-order valence-corrected chi connectivity index (χ4v) is 1.75. The van der Waals surface area contributed by atoms with Crippen molar-refractivity contribution in [2.75, 3.05) is 37.9 Å². The second kappa shape index (κ2) is 7.96. The minimum Gasteiger partial charge on any atom is -0.397 e. The molecule has 0 aliphatic heterocycles. The summed E-state index contributed by atoms with van der Waals surface area (Å²) in [6, 6.07) is 2.78. The molecule has 0 aliphatic rings. The molecular formula is C12H17BrFN3O2. The van der Waals surface area contributed by atoms with Crippen LogP contribution in [0.5, 0.6) is 0 Å². The Balaban J connectivity index is 2.37. The van der Waals surface area contributed by atoms with E-state index in [1.54, 1.807) is 13.2 Å². The van der Waals surface area contributed by atoms with Crippen LogP contribution in [-0.2, 0) is 9.53 Å². The minimum atomic E-state index is -0.416. The topological polar surface area (TPSA) is 76.4 Å². The van der Waals surface area contributed by atoms with Crippen molar-refractivity contribution < 1.29 is 13.9 Å². The van der Waals surface area contributed by atoms with Crippen LogP contribution < -0.4 is 16.4 Å². The summed E-state index contributed by atoms with van der Waals surface area (Å²) in [6.45, 7) is 1.39. The quantitative estimate of drug-likeness (QED) is 0.524. The average Bonchev–Trinajstić information content (AvgIpc) is 2.36. The van der Waals surface area contributed by atoms with Gasteiger partial charge in [-0.25, -0.2) is 4.39 Å². The van der Waals surface area contributed by atoms with Crippen LogP contribution in [0.1, 0.15) is 6.42 Å². The van der Waals surface area contributed by atoms with Crippen molar-refractivity contribution >= 4 is 33.2 Å². The maximum atomic E-state index is 13.2. The van der Waals surface area contributed by atoms with Crippen LogP contribution in [0.4, 0.5) is 15.8 Å². The zero-order valence-corrected chi connectivity index (χ0v) is 12.2. The first kappa shape index (κ1) is 15.7. The SMILES string of the molecule is COCCNC(=O)CCNc1cc(Br)c(F)cc1N. The number of halogens is 2. The van der Waals surface area contributed by atoms with E-state index < -0.39 is 5.82 Å². The third kappa shape index (κ3) is 5.44. The summed E-state index contributed by atoms with van der Waals surface area (Å²) in [7, 11) is 1.57. The van der Waals surface area contributed by atoms with Gasteiger partial charge >= 0.3 is 0 Å². The van der Waals surface area contributed by atoms with Crippen molar-refractivity contribution in [2.45, 2.75) is 6.42 Å². The summed E-state index contributed by atoms with van der Waals surface area (Å²) in [5.41, 5.74) is 6.57. The molecule has 0 aromatic heterocycles. The molecular weight excluding hydrogens is 317 g/mol. The smallest absolute Gasteiger partial charge is 0.221 e. The Morgan fingerprint density at radius 2 is 2.21 bits per heavy atom. The molecule has 0 radical (unpaired) electrons. The van der Waals surface area contributed by atoms with Gasteiger partial charge in [0.1, 0.15) is 5.82 Å². The van der Waals surface area contributed by atoms with E-state index in [1.165, 1.54) is 6.07 Å². The van der Waals surface area contributed by atoms with Crippen molar-refractivity contribution in [3.8, 4) is 0 Å². The molecule has 0 bridgehead atoms. The van der Waals surface area contributed by atoms with Gasteiger partial charge in [-0.05, 0) is 22.0 Å². The van der Waals surface area contributed by atoms with E-state index in [4.69, 9.17) is 10.5 Å². The van der Waals surface area contributed by atoms with Crippen molar-refractivity contribution in [3.63, 3.8) is 0 Å². The molecule has 1 aromatic rings. The molecule has 106 valence electrons. The van der Waals surface area contributed by atoms with Gasteiger partial charge in [0.2, 0.25) is 5.91 Å². The Kier molecular flexibility index (Phi) is 6.58. The number of hydrogen-bond donors (Lipinski definition) is 3. The van der Waals surface area contributed by atoms with E-state index in [-0.39, 0.29) is 5.91 Å². The Bertz CT molecular complexity index is 443.